The van der Waals surface area contributed by atoms with Crippen molar-refractivity contribution in [2.75, 3.05) is 13.1 Å². The van der Waals surface area contributed by atoms with Gasteiger partial charge >= 0.3 is 0 Å². The van der Waals surface area contributed by atoms with Gasteiger partial charge in [0, 0.05) is 33.2 Å². The van der Waals surface area contributed by atoms with Gasteiger partial charge in [0.1, 0.15) is 6.54 Å². The first-order valence-electron chi connectivity index (χ1n) is 5.89. The quantitative estimate of drug-likeness (QED) is 0.219. The fraction of sp³-hybridized carbons (Fsp3) is 0.429. The Morgan fingerprint density at radius 1 is 1.32 bits per heavy atom. The molecule has 0 heterocycles. The Kier molecular flexibility index (Phi) is 8.74. The van der Waals surface area contributed by atoms with Gasteiger partial charge in [-0.3, -0.25) is 4.48 Å². The highest BCUT2D eigenvalue weighted by atomic mass is 127. The largest absolute Gasteiger partial charge is 1.00 e. The number of terminal acetylenes is 1. The van der Waals surface area contributed by atoms with E-state index in [0.29, 0.717) is 10.0 Å². The lowest BCUT2D eigenvalue weighted by Crippen LogP contribution is -3.00. The van der Waals surface area contributed by atoms with E-state index < -0.39 is 0 Å². The normalized spacial score (nSPS) is 12.4. The van der Waals surface area contributed by atoms with Crippen LogP contribution in [0.4, 0.5) is 0 Å². The van der Waals surface area contributed by atoms with E-state index in [9.17, 15) is 0 Å². The maximum atomic E-state index is 6.25. The van der Waals surface area contributed by atoms with Crippen LogP contribution in [-0.2, 0) is 6.54 Å². The van der Waals surface area contributed by atoms with Gasteiger partial charge in [0.05, 0.1) is 18.1 Å². The molecule has 1 aromatic rings. The van der Waals surface area contributed by atoms with Crippen molar-refractivity contribution in [2.24, 2.45) is 0 Å². The van der Waals surface area contributed by atoms with Crippen LogP contribution in [0, 0.1) is 12.3 Å². The summed E-state index contributed by atoms with van der Waals surface area (Å²) in [7, 11) is 0. The van der Waals surface area contributed by atoms with E-state index in [1.54, 1.807) is 6.07 Å². The maximum Gasteiger partial charge on any atom is 0.200 e. The molecule has 106 valence electrons. The van der Waals surface area contributed by atoms with E-state index in [1.807, 2.05) is 12.1 Å². The summed E-state index contributed by atoms with van der Waals surface area (Å²) in [4.78, 5) is 0. The van der Waals surface area contributed by atoms with Crippen molar-refractivity contribution in [1.82, 2.24) is 0 Å². The number of benzene rings is 1. The van der Waals surface area contributed by atoms with Gasteiger partial charge in [-0.15, -0.1) is 6.42 Å². The minimum atomic E-state index is 0. The van der Waals surface area contributed by atoms with Crippen LogP contribution >= 0.6 is 45.8 Å². The topological polar surface area (TPSA) is 0 Å². The summed E-state index contributed by atoms with van der Waals surface area (Å²) in [6.45, 7) is 7.12. The van der Waals surface area contributed by atoms with Gasteiger partial charge in [-0.2, -0.15) is 0 Å². The van der Waals surface area contributed by atoms with E-state index in [1.165, 1.54) is 0 Å². The molecular weight excluding hydrogens is 415 g/mol. The molecule has 0 aliphatic carbocycles. The fourth-order valence-corrected chi connectivity index (χ4v) is 3.45. The first-order valence-corrected chi connectivity index (χ1v) is 7.89. The zero-order valence-electron chi connectivity index (χ0n) is 11.0. The molecule has 0 radical (unpaired) electrons. The van der Waals surface area contributed by atoms with Crippen molar-refractivity contribution < 1.29 is 16.9 Å². The summed E-state index contributed by atoms with van der Waals surface area (Å²) < 4.78 is 0.975. The zero-order chi connectivity index (χ0) is 13.8. The van der Waals surface area contributed by atoms with E-state index in [-0.39, 0.29) is 16.5 Å². The first-order chi connectivity index (χ1) is 8.49. The second-order valence-corrected chi connectivity index (χ2v) is 6.27. The molecule has 0 amide bonds. The predicted octanol–water partition coefficient (Wildman–Crippen LogP) is 1.75. The minimum absolute atomic E-state index is 0. The Labute approximate surface area is 145 Å². The Hall–Kier alpha value is 0.340. The molecule has 0 bridgehead atoms. The molecule has 1 rings (SSSR count). The third-order valence-corrected chi connectivity index (χ3v) is 5.51. The van der Waals surface area contributed by atoms with Gasteiger partial charge in [0.15, 0.2) is 0 Å². The van der Waals surface area contributed by atoms with Crippen LogP contribution in [0.1, 0.15) is 19.4 Å². The monoisotopic (exact) mass is 431 g/mol. The Morgan fingerprint density at radius 3 is 2.32 bits per heavy atom. The van der Waals surface area contributed by atoms with Gasteiger partial charge in [-0.25, -0.2) is 0 Å². The van der Waals surface area contributed by atoms with Crippen LogP contribution < -0.4 is 12.4 Å². The molecule has 1 unspecified atom stereocenters. The van der Waals surface area contributed by atoms with Gasteiger partial charge in [0.2, 0.25) is 4.05 Å². The third kappa shape index (κ3) is 4.68. The number of rotatable bonds is 5. The van der Waals surface area contributed by atoms with Crippen LogP contribution in [0.5, 0.6) is 0 Å². The highest BCUT2D eigenvalue weighted by Gasteiger charge is 2.31. The molecule has 0 N–H and O–H groups in total. The highest BCUT2D eigenvalue weighted by Crippen LogP contribution is 2.28. The number of hydrogen-bond donors (Lipinski definition) is 0. The van der Waals surface area contributed by atoms with Crippen molar-refractivity contribution in [1.29, 1.82) is 0 Å². The number of halogens is 4. The second kappa shape index (κ2) is 8.59. The summed E-state index contributed by atoms with van der Waals surface area (Å²) >= 11 is 14.5. The van der Waals surface area contributed by atoms with E-state index in [4.69, 9.17) is 29.6 Å². The molecule has 1 aromatic carbocycles. The second-order valence-electron chi connectivity index (χ2n) is 4.25. The molecule has 19 heavy (non-hydrogen) atoms. The van der Waals surface area contributed by atoms with Crippen molar-refractivity contribution in [2.45, 2.75) is 24.4 Å². The SMILES string of the molecule is C#CC(I)[N+](CC)(CC)Cc1ccc(Cl)cc1Cl.[Cl-]. The Balaban J connectivity index is 0.00000324. The molecule has 0 aromatic heterocycles. The van der Waals surface area contributed by atoms with Gasteiger partial charge in [-0.1, -0.05) is 29.3 Å². The molecular formula is C14H17Cl3IN. The van der Waals surface area contributed by atoms with E-state index in [2.05, 4.69) is 42.4 Å². The third-order valence-electron chi connectivity index (χ3n) is 3.38. The molecule has 1 atom stereocenters. The van der Waals surface area contributed by atoms with Gasteiger partial charge in [-0.05, 0) is 31.9 Å². The van der Waals surface area contributed by atoms with Gasteiger partial charge < -0.3 is 12.4 Å². The van der Waals surface area contributed by atoms with Gasteiger partial charge in [0.25, 0.3) is 0 Å². The van der Waals surface area contributed by atoms with Crippen molar-refractivity contribution in [3.63, 3.8) is 0 Å². The number of quaternary nitrogens is 1. The summed E-state index contributed by atoms with van der Waals surface area (Å²) in [5.74, 6) is 2.85. The highest BCUT2D eigenvalue weighted by molar-refractivity contribution is 14.1. The molecule has 0 saturated heterocycles. The van der Waals surface area contributed by atoms with Crippen molar-refractivity contribution >= 4 is 45.8 Å². The summed E-state index contributed by atoms with van der Waals surface area (Å²) in [6, 6.07) is 5.65. The fourth-order valence-electron chi connectivity index (χ4n) is 2.00. The van der Waals surface area contributed by atoms with Crippen LogP contribution in [0.25, 0.3) is 0 Å². The van der Waals surface area contributed by atoms with Crippen LogP contribution in [0.15, 0.2) is 18.2 Å². The lowest BCUT2D eigenvalue weighted by Gasteiger charge is -2.39. The molecule has 1 nitrogen and oxygen atoms in total. The first kappa shape index (κ1) is 19.3. The molecule has 0 fully saturated rings. The molecule has 0 aliphatic rings. The average Bonchev–Trinajstić information content (AvgIpc) is 2.37. The summed E-state index contributed by atoms with van der Waals surface area (Å²) in [5, 5.41) is 1.38. The molecule has 0 saturated carbocycles. The zero-order valence-corrected chi connectivity index (χ0v) is 15.4. The van der Waals surface area contributed by atoms with E-state index >= 15 is 0 Å². The van der Waals surface area contributed by atoms with Crippen molar-refractivity contribution in [3.8, 4) is 12.3 Å². The Morgan fingerprint density at radius 2 is 1.89 bits per heavy atom. The van der Waals surface area contributed by atoms with Crippen LogP contribution in [0.2, 0.25) is 10.0 Å². The number of alkyl halides is 1. The van der Waals surface area contributed by atoms with E-state index in [0.717, 1.165) is 29.7 Å². The smallest absolute Gasteiger partial charge is 0.200 e. The van der Waals surface area contributed by atoms with Crippen LogP contribution in [-0.4, -0.2) is 21.6 Å². The maximum absolute atomic E-state index is 6.25. The van der Waals surface area contributed by atoms with Crippen molar-refractivity contribution in [3.05, 3.63) is 33.8 Å². The lowest BCUT2D eigenvalue weighted by molar-refractivity contribution is -0.936. The average molecular weight is 433 g/mol. The predicted molar refractivity (Wildman–Crippen MR) is 88.1 cm³/mol. The molecule has 0 spiro atoms. The molecule has 0 aliphatic heterocycles. The number of hydrogen-bond acceptors (Lipinski definition) is 0. The standard InChI is InChI=1S/C14H17Cl2IN.ClH/c1-4-14(17)18(5-2,6-3)10-11-7-8-12(15)9-13(11)16;/h1,7-9,14H,5-6,10H2,2-3H3;1H/q+1;/p-1. The number of nitrogens with zero attached hydrogens (tertiary/aromatic N) is 1. The summed E-state index contributed by atoms with van der Waals surface area (Å²) in [6.07, 6.45) is 5.60. The minimum Gasteiger partial charge on any atom is -1.00 e. The lowest BCUT2D eigenvalue weighted by atomic mass is 10.1. The van der Waals surface area contributed by atoms with Crippen LogP contribution in [0.3, 0.4) is 0 Å². The summed E-state index contributed by atoms with van der Waals surface area (Å²) in [5.41, 5.74) is 1.10. The Bertz CT molecular complexity index is 452. The molecule has 5 heteroatoms.